The van der Waals surface area contributed by atoms with Crippen molar-refractivity contribution in [3.05, 3.63) is 59.7 Å². The Balaban J connectivity index is 1.62. The van der Waals surface area contributed by atoms with Crippen molar-refractivity contribution in [3.8, 4) is 0 Å². The van der Waals surface area contributed by atoms with Crippen LogP contribution in [0.4, 0.5) is 5.95 Å². The van der Waals surface area contributed by atoms with E-state index >= 15 is 0 Å². The molecule has 1 aromatic heterocycles. The van der Waals surface area contributed by atoms with Crippen LogP contribution in [0, 0.1) is 0 Å². The van der Waals surface area contributed by atoms with E-state index in [2.05, 4.69) is 36.4 Å². The molecule has 0 saturated carbocycles. The number of aryl methyl sites for hydroxylation is 1. The first kappa shape index (κ1) is 19.6. The fraction of sp³-hybridized carbons (Fsp3) is 0.318. The molecule has 1 heterocycles. The number of aromatic nitrogens is 2. The Hall–Kier alpha value is -3.15. The molecule has 2 amide bonds. The Morgan fingerprint density at radius 3 is 2.36 bits per heavy atom. The highest BCUT2D eigenvalue weighted by molar-refractivity contribution is 5.99. The molecule has 0 saturated heterocycles. The number of para-hydroxylation sites is 2. The summed E-state index contributed by atoms with van der Waals surface area (Å²) in [5, 5.41) is 5.45. The molecule has 0 fully saturated rings. The van der Waals surface area contributed by atoms with E-state index in [1.54, 1.807) is 12.1 Å². The highest BCUT2D eigenvalue weighted by Crippen LogP contribution is 2.22. The van der Waals surface area contributed by atoms with E-state index in [4.69, 9.17) is 0 Å². The summed E-state index contributed by atoms with van der Waals surface area (Å²) in [6, 6.07) is 15.2. The van der Waals surface area contributed by atoms with Gasteiger partial charge in [-0.25, -0.2) is 4.98 Å². The molecule has 0 aliphatic rings. The number of fused-ring (bicyclic) bond motifs is 1. The fourth-order valence-electron chi connectivity index (χ4n) is 3.04. The summed E-state index contributed by atoms with van der Waals surface area (Å²) in [5.74, 6) is -0.109. The number of benzene rings is 2. The molecule has 0 bridgehead atoms. The average Bonchev–Trinajstić information content (AvgIpc) is 3.02. The van der Waals surface area contributed by atoms with E-state index in [-0.39, 0.29) is 23.8 Å². The third kappa shape index (κ3) is 4.22. The van der Waals surface area contributed by atoms with Crippen molar-refractivity contribution in [2.75, 3.05) is 11.9 Å². The van der Waals surface area contributed by atoms with Crippen LogP contribution in [0.15, 0.2) is 48.5 Å². The second-order valence-corrected chi connectivity index (χ2v) is 7.73. The third-order valence-electron chi connectivity index (χ3n) is 4.64. The van der Waals surface area contributed by atoms with Gasteiger partial charge in [-0.1, -0.05) is 45.0 Å². The van der Waals surface area contributed by atoms with Gasteiger partial charge in [-0.05, 0) is 42.2 Å². The molecule has 2 aromatic carbocycles. The van der Waals surface area contributed by atoms with Crippen LogP contribution in [0.3, 0.4) is 0 Å². The summed E-state index contributed by atoms with van der Waals surface area (Å²) >= 11 is 0. The van der Waals surface area contributed by atoms with Crippen molar-refractivity contribution in [2.45, 2.75) is 39.7 Å². The van der Waals surface area contributed by atoms with Crippen LogP contribution in [0.25, 0.3) is 11.0 Å². The Bertz CT molecular complexity index is 998. The van der Waals surface area contributed by atoms with E-state index in [0.717, 1.165) is 16.6 Å². The van der Waals surface area contributed by atoms with Crippen LogP contribution in [0.5, 0.6) is 0 Å². The zero-order valence-corrected chi connectivity index (χ0v) is 16.7. The molecule has 2 N–H and O–H groups in total. The molecule has 3 rings (SSSR count). The molecular weight excluding hydrogens is 352 g/mol. The molecule has 0 radical (unpaired) electrons. The molecule has 146 valence electrons. The zero-order chi connectivity index (χ0) is 20.3. The van der Waals surface area contributed by atoms with Crippen LogP contribution < -0.4 is 10.6 Å². The van der Waals surface area contributed by atoms with Gasteiger partial charge in [0.05, 0.1) is 17.6 Å². The maximum absolute atomic E-state index is 12.3. The summed E-state index contributed by atoms with van der Waals surface area (Å²) < 4.78 is 1.93. The van der Waals surface area contributed by atoms with Gasteiger partial charge in [-0.15, -0.1) is 0 Å². The number of imidazole rings is 1. The summed E-state index contributed by atoms with van der Waals surface area (Å²) in [6.07, 6.45) is 0. The molecular formula is C22H26N4O2. The molecule has 0 aliphatic carbocycles. The normalized spacial score (nSPS) is 11.4. The average molecular weight is 378 g/mol. The van der Waals surface area contributed by atoms with Gasteiger partial charge >= 0.3 is 0 Å². The lowest BCUT2D eigenvalue weighted by atomic mass is 9.87. The lowest BCUT2D eigenvalue weighted by Gasteiger charge is -2.19. The van der Waals surface area contributed by atoms with Gasteiger partial charge < -0.3 is 9.88 Å². The summed E-state index contributed by atoms with van der Waals surface area (Å²) in [5.41, 5.74) is 3.49. The predicted octanol–water partition coefficient (Wildman–Crippen LogP) is 3.72. The van der Waals surface area contributed by atoms with E-state index < -0.39 is 0 Å². The molecule has 0 unspecified atom stereocenters. The molecule has 3 aromatic rings. The number of carbonyl (C=O) groups is 2. The Morgan fingerprint density at radius 2 is 1.71 bits per heavy atom. The van der Waals surface area contributed by atoms with E-state index in [1.807, 2.05) is 47.9 Å². The standard InChI is InChI=1S/C22H26N4O2/c1-5-26-18-9-7-6-8-17(18)24-21(26)25-19(27)14-23-20(28)15-10-12-16(13-11-15)22(2,3)4/h6-13H,5,14H2,1-4H3,(H,23,28)(H,24,25,27). The minimum atomic E-state index is -0.315. The number of hydrogen-bond acceptors (Lipinski definition) is 3. The molecule has 6 nitrogen and oxygen atoms in total. The molecule has 0 spiro atoms. The lowest BCUT2D eigenvalue weighted by molar-refractivity contribution is -0.115. The molecule has 0 aliphatic heterocycles. The van der Waals surface area contributed by atoms with Crippen molar-refractivity contribution in [3.63, 3.8) is 0 Å². The first-order valence-electron chi connectivity index (χ1n) is 9.43. The van der Waals surface area contributed by atoms with Crippen molar-refractivity contribution < 1.29 is 9.59 Å². The Labute approximate surface area is 165 Å². The van der Waals surface area contributed by atoms with Gasteiger partial charge in [0, 0.05) is 12.1 Å². The first-order valence-corrected chi connectivity index (χ1v) is 9.43. The number of amides is 2. The van der Waals surface area contributed by atoms with Crippen LogP contribution in [-0.2, 0) is 16.8 Å². The Kier molecular flexibility index (Phi) is 5.49. The van der Waals surface area contributed by atoms with Gasteiger partial charge in [-0.3, -0.25) is 14.9 Å². The fourth-order valence-corrected chi connectivity index (χ4v) is 3.04. The van der Waals surface area contributed by atoms with Gasteiger partial charge in [0.2, 0.25) is 11.9 Å². The minimum Gasteiger partial charge on any atom is -0.343 e. The molecule has 28 heavy (non-hydrogen) atoms. The van der Waals surface area contributed by atoms with Crippen molar-refractivity contribution in [1.29, 1.82) is 0 Å². The maximum atomic E-state index is 12.3. The molecule has 0 atom stereocenters. The predicted molar refractivity (Wildman–Crippen MR) is 112 cm³/mol. The number of hydrogen-bond donors (Lipinski definition) is 2. The summed E-state index contributed by atoms with van der Waals surface area (Å²) in [6.45, 7) is 8.92. The van der Waals surface area contributed by atoms with Crippen molar-refractivity contribution in [1.82, 2.24) is 14.9 Å². The van der Waals surface area contributed by atoms with E-state index in [1.165, 1.54) is 0 Å². The van der Waals surface area contributed by atoms with Crippen LogP contribution >= 0.6 is 0 Å². The minimum absolute atomic E-state index is 0.0274. The second kappa shape index (κ2) is 7.84. The monoisotopic (exact) mass is 378 g/mol. The Morgan fingerprint density at radius 1 is 1.04 bits per heavy atom. The number of carbonyl (C=O) groups excluding carboxylic acids is 2. The summed E-state index contributed by atoms with van der Waals surface area (Å²) in [7, 11) is 0. The molecule has 6 heteroatoms. The van der Waals surface area contributed by atoms with Gasteiger partial charge in [0.15, 0.2) is 0 Å². The summed E-state index contributed by atoms with van der Waals surface area (Å²) in [4.78, 5) is 29.1. The van der Waals surface area contributed by atoms with Crippen LogP contribution in [-0.4, -0.2) is 27.9 Å². The maximum Gasteiger partial charge on any atom is 0.251 e. The number of nitrogens with zero attached hydrogens (tertiary/aromatic N) is 2. The largest absolute Gasteiger partial charge is 0.343 e. The number of rotatable bonds is 5. The smallest absolute Gasteiger partial charge is 0.251 e. The SMILES string of the molecule is CCn1c(NC(=O)CNC(=O)c2ccc(C(C)(C)C)cc2)nc2ccccc21. The van der Waals surface area contributed by atoms with Gasteiger partial charge in [0.25, 0.3) is 5.91 Å². The van der Waals surface area contributed by atoms with Crippen molar-refractivity contribution >= 4 is 28.8 Å². The highest BCUT2D eigenvalue weighted by Gasteiger charge is 2.16. The zero-order valence-electron chi connectivity index (χ0n) is 16.7. The number of anilines is 1. The van der Waals surface area contributed by atoms with Crippen LogP contribution in [0.2, 0.25) is 0 Å². The topological polar surface area (TPSA) is 76.0 Å². The van der Waals surface area contributed by atoms with Gasteiger partial charge in [0.1, 0.15) is 0 Å². The van der Waals surface area contributed by atoms with E-state index in [9.17, 15) is 9.59 Å². The lowest BCUT2D eigenvalue weighted by Crippen LogP contribution is -2.33. The second-order valence-electron chi connectivity index (χ2n) is 7.73. The van der Waals surface area contributed by atoms with Gasteiger partial charge in [-0.2, -0.15) is 0 Å². The van der Waals surface area contributed by atoms with Crippen molar-refractivity contribution in [2.24, 2.45) is 0 Å². The number of nitrogens with one attached hydrogen (secondary N) is 2. The highest BCUT2D eigenvalue weighted by atomic mass is 16.2. The first-order chi connectivity index (χ1) is 13.3. The quantitative estimate of drug-likeness (QED) is 0.710. The van der Waals surface area contributed by atoms with E-state index in [0.29, 0.717) is 18.1 Å². The third-order valence-corrected chi connectivity index (χ3v) is 4.64. The van der Waals surface area contributed by atoms with Crippen LogP contribution in [0.1, 0.15) is 43.6 Å².